The quantitative estimate of drug-likeness (QED) is 0.596. The third-order valence-corrected chi connectivity index (χ3v) is 2.79. The number of nitrogen functional groups attached to an aromatic ring is 1. The second kappa shape index (κ2) is 7.69. The number of unbranched alkanes of at least 4 members (excludes halogenated alkanes) is 3. The standard InChI is InChI=1S/C14H22N2O2/c1-3-4-5-6-7-11(2)18-14(17)12-8-9-13(15)16-10-12/h8-11H,3-7H2,1-2H3,(H2,15,16). The molecule has 0 fully saturated rings. The fourth-order valence-electron chi connectivity index (χ4n) is 1.69. The van der Waals surface area contributed by atoms with E-state index in [2.05, 4.69) is 11.9 Å². The fourth-order valence-corrected chi connectivity index (χ4v) is 1.69. The van der Waals surface area contributed by atoms with Gasteiger partial charge in [-0.1, -0.05) is 26.2 Å². The van der Waals surface area contributed by atoms with Crippen molar-refractivity contribution in [1.29, 1.82) is 0 Å². The molecule has 4 nitrogen and oxygen atoms in total. The Labute approximate surface area is 109 Å². The predicted molar refractivity (Wildman–Crippen MR) is 72.3 cm³/mol. The van der Waals surface area contributed by atoms with Crippen LogP contribution in [0.1, 0.15) is 56.3 Å². The van der Waals surface area contributed by atoms with Crippen molar-refractivity contribution in [1.82, 2.24) is 4.98 Å². The van der Waals surface area contributed by atoms with E-state index in [4.69, 9.17) is 10.5 Å². The molecule has 0 saturated carbocycles. The Kier molecular flexibility index (Phi) is 6.19. The van der Waals surface area contributed by atoms with Crippen LogP contribution < -0.4 is 5.73 Å². The minimum atomic E-state index is -0.328. The number of pyridine rings is 1. The monoisotopic (exact) mass is 250 g/mol. The highest BCUT2D eigenvalue weighted by atomic mass is 16.5. The van der Waals surface area contributed by atoms with Crippen molar-refractivity contribution in [3.8, 4) is 0 Å². The smallest absolute Gasteiger partial charge is 0.339 e. The number of carbonyl (C=O) groups is 1. The Hall–Kier alpha value is -1.58. The molecule has 0 aliphatic carbocycles. The molecule has 1 aromatic heterocycles. The molecule has 0 aliphatic rings. The first-order chi connectivity index (χ1) is 8.63. The van der Waals surface area contributed by atoms with Crippen LogP contribution in [0.3, 0.4) is 0 Å². The number of esters is 1. The molecule has 0 bridgehead atoms. The minimum absolute atomic E-state index is 0.0492. The first kappa shape index (κ1) is 14.5. The number of nitrogens with zero attached hydrogens (tertiary/aromatic N) is 1. The Morgan fingerprint density at radius 2 is 2.17 bits per heavy atom. The lowest BCUT2D eigenvalue weighted by Crippen LogP contribution is -2.15. The normalized spacial score (nSPS) is 12.1. The van der Waals surface area contributed by atoms with E-state index in [-0.39, 0.29) is 12.1 Å². The van der Waals surface area contributed by atoms with Gasteiger partial charge in [-0.2, -0.15) is 0 Å². The lowest BCUT2D eigenvalue weighted by atomic mass is 10.1. The number of ether oxygens (including phenoxy) is 1. The van der Waals surface area contributed by atoms with Crippen LogP contribution in [0.5, 0.6) is 0 Å². The van der Waals surface area contributed by atoms with Crippen LogP contribution >= 0.6 is 0 Å². The van der Waals surface area contributed by atoms with Crippen molar-refractivity contribution < 1.29 is 9.53 Å². The summed E-state index contributed by atoms with van der Waals surface area (Å²) < 4.78 is 5.34. The molecule has 0 radical (unpaired) electrons. The van der Waals surface area contributed by atoms with Crippen molar-refractivity contribution in [2.24, 2.45) is 0 Å². The molecule has 1 atom stereocenters. The molecule has 1 rings (SSSR count). The Morgan fingerprint density at radius 1 is 1.39 bits per heavy atom. The lowest BCUT2D eigenvalue weighted by Gasteiger charge is -2.12. The van der Waals surface area contributed by atoms with Gasteiger partial charge in [0.1, 0.15) is 5.82 Å². The first-order valence-electron chi connectivity index (χ1n) is 6.56. The summed E-state index contributed by atoms with van der Waals surface area (Å²) >= 11 is 0. The predicted octanol–water partition coefficient (Wildman–Crippen LogP) is 3.18. The van der Waals surface area contributed by atoms with E-state index in [1.807, 2.05) is 6.92 Å². The lowest BCUT2D eigenvalue weighted by molar-refractivity contribution is 0.0319. The van der Waals surface area contributed by atoms with Gasteiger partial charge in [-0.05, 0) is 31.9 Å². The first-order valence-corrected chi connectivity index (χ1v) is 6.56. The molecule has 2 N–H and O–H groups in total. The van der Waals surface area contributed by atoms with E-state index in [1.165, 1.54) is 25.5 Å². The number of nitrogens with two attached hydrogens (primary N) is 1. The van der Waals surface area contributed by atoms with Gasteiger partial charge in [0.05, 0.1) is 11.7 Å². The van der Waals surface area contributed by atoms with Crippen LogP contribution in [0.15, 0.2) is 18.3 Å². The summed E-state index contributed by atoms with van der Waals surface area (Å²) in [6.45, 7) is 4.10. The zero-order valence-corrected chi connectivity index (χ0v) is 11.2. The number of rotatable bonds is 7. The highest BCUT2D eigenvalue weighted by Gasteiger charge is 2.11. The molecule has 1 unspecified atom stereocenters. The van der Waals surface area contributed by atoms with Gasteiger partial charge in [0.2, 0.25) is 0 Å². The van der Waals surface area contributed by atoms with Crippen LogP contribution in [0.2, 0.25) is 0 Å². The molecule has 1 heterocycles. The Bertz CT molecular complexity index is 363. The highest BCUT2D eigenvalue weighted by molar-refractivity contribution is 5.89. The molecule has 0 aromatic carbocycles. The summed E-state index contributed by atoms with van der Waals surface area (Å²) in [4.78, 5) is 15.6. The molecule has 0 aliphatic heterocycles. The number of anilines is 1. The largest absolute Gasteiger partial charge is 0.459 e. The maximum atomic E-state index is 11.8. The number of carbonyl (C=O) groups excluding carboxylic acids is 1. The molecule has 0 saturated heterocycles. The van der Waals surface area contributed by atoms with Crippen LogP contribution in [0.25, 0.3) is 0 Å². The van der Waals surface area contributed by atoms with Gasteiger partial charge in [-0.15, -0.1) is 0 Å². The van der Waals surface area contributed by atoms with Crippen molar-refractivity contribution in [3.05, 3.63) is 23.9 Å². The van der Waals surface area contributed by atoms with Crippen LogP contribution in [-0.4, -0.2) is 17.1 Å². The van der Waals surface area contributed by atoms with E-state index in [1.54, 1.807) is 12.1 Å². The van der Waals surface area contributed by atoms with Crippen LogP contribution in [-0.2, 0) is 4.74 Å². The third-order valence-electron chi connectivity index (χ3n) is 2.79. The topological polar surface area (TPSA) is 65.2 Å². The Balaban J connectivity index is 2.33. The summed E-state index contributed by atoms with van der Waals surface area (Å²) in [5.41, 5.74) is 5.91. The third kappa shape index (κ3) is 5.17. The summed E-state index contributed by atoms with van der Waals surface area (Å²) in [5.74, 6) is 0.0738. The van der Waals surface area contributed by atoms with E-state index in [9.17, 15) is 4.79 Å². The fraction of sp³-hybridized carbons (Fsp3) is 0.571. The zero-order chi connectivity index (χ0) is 13.4. The van der Waals surface area contributed by atoms with Gasteiger partial charge in [-0.3, -0.25) is 0 Å². The van der Waals surface area contributed by atoms with E-state index in [0.717, 1.165) is 12.8 Å². The molecule has 4 heteroatoms. The molecular formula is C14H22N2O2. The van der Waals surface area contributed by atoms with Gasteiger partial charge in [-0.25, -0.2) is 9.78 Å². The maximum Gasteiger partial charge on any atom is 0.339 e. The molecule has 18 heavy (non-hydrogen) atoms. The zero-order valence-electron chi connectivity index (χ0n) is 11.2. The summed E-state index contributed by atoms with van der Waals surface area (Å²) in [5, 5.41) is 0. The summed E-state index contributed by atoms with van der Waals surface area (Å²) in [6, 6.07) is 3.23. The van der Waals surface area contributed by atoms with E-state index in [0.29, 0.717) is 11.4 Å². The molecule has 1 aromatic rings. The summed E-state index contributed by atoms with van der Waals surface area (Å²) in [6.07, 6.45) is 7.06. The van der Waals surface area contributed by atoms with Gasteiger partial charge >= 0.3 is 5.97 Å². The number of aromatic nitrogens is 1. The average Bonchev–Trinajstić information content (AvgIpc) is 2.35. The van der Waals surface area contributed by atoms with Crippen molar-refractivity contribution >= 4 is 11.8 Å². The van der Waals surface area contributed by atoms with Gasteiger partial charge in [0, 0.05) is 6.20 Å². The maximum absolute atomic E-state index is 11.8. The van der Waals surface area contributed by atoms with E-state index >= 15 is 0 Å². The van der Waals surface area contributed by atoms with Gasteiger partial charge in [0.25, 0.3) is 0 Å². The second-order valence-corrected chi connectivity index (χ2v) is 4.54. The molecule has 100 valence electrons. The van der Waals surface area contributed by atoms with Crippen LogP contribution in [0, 0.1) is 0 Å². The second-order valence-electron chi connectivity index (χ2n) is 4.54. The van der Waals surface area contributed by atoms with Crippen LogP contribution in [0.4, 0.5) is 5.82 Å². The number of hydrogen-bond donors (Lipinski definition) is 1. The minimum Gasteiger partial charge on any atom is -0.459 e. The Morgan fingerprint density at radius 3 is 2.78 bits per heavy atom. The van der Waals surface area contributed by atoms with Gasteiger partial charge in [0.15, 0.2) is 0 Å². The molecular weight excluding hydrogens is 228 g/mol. The van der Waals surface area contributed by atoms with Gasteiger partial charge < -0.3 is 10.5 Å². The average molecular weight is 250 g/mol. The van der Waals surface area contributed by atoms with Crippen molar-refractivity contribution in [2.75, 3.05) is 5.73 Å². The summed E-state index contributed by atoms with van der Waals surface area (Å²) in [7, 11) is 0. The van der Waals surface area contributed by atoms with Crippen molar-refractivity contribution in [3.63, 3.8) is 0 Å². The highest BCUT2D eigenvalue weighted by Crippen LogP contribution is 2.11. The van der Waals surface area contributed by atoms with Crippen molar-refractivity contribution in [2.45, 2.75) is 52.1 Å². The number of hydrogen-bond acceptors (Lipinski definition) is 4. The molecule has 0 amide bonds. The SMILES string of the molecule is CCCCCCC(C)OC(=O)c1ccc(N)nc1. The molecule has 0 spiro atoms. The van der Waals surface area contributed by atoms with E-state index < -0.39 is 0 Å².